The van der Waals surface area contributed by atoms with Crippen LogP contribution in [0.25, 0.3) is 22.3 Å². The van der Waals surface area contributed by atoms with Crippen molar-refractivity contribution in [3.05, 3.63) is 63.2 Å². The number of rotatable bonds is 4. The van der Waals surface area contributed by atoms with Crippen molar-refractivity contribution in [3.63, 3.8) is 0 Å². The van der Waals surface area contributed by atoms with Crippen LogP contribution in [0.4, 0.5) is 5.69 Å². The number of carbonyl (C=O) groups is 1. The van der Waals surface area contributed by atoms with E-state index in [-0.39, 0.29) is 11.7 Å². The monoisotopic (exact) mass is 428 g/mol. The van der Waals surface area contributed by atoms with Gasteiger partial charge >= 0.3 is 5.76 Å². The van der Waals surface area contributed by atoms with E-state index in [1.165, 1.54) is 0 Å². The van der Waals surface area contributed by atoms with Crippen LogP contribution in [0.5, 0.6) is 5.75 Å². The number of halogens is 1. The van der Waals surface area contributed by atoms with Crippen molar-refractivity contribution >= 4 is 38.4 Å². The van der Waals surface area contributed by atoms with Crippen LogP contribution in [-0.4, -0.2) is 28.1 Å². The molecule has 0 radical (unpaired) electrons. The quantitative estimate of drug-likeness (QED) is 0.460. The highest BCUT2D eigenvalue weighted by Crippen LogP contribution is 2.29. The number of hydrogen-bond acceptors (Lipinski definition) is 5. The Morgan fingerprint density at radius 1 is 1.19 bits per heavy atom. The number of aromatic nitrogens is 3. The molecule has 1 amide bonds. The lowest BCUT2D eigenvalue weighted by Crippen LogP contribution is -2.13. The number of amides is 1. The molecule has 4 aromatic rings. The van der Waals surface area contributed by atoms with Crippen molar-refractivity contribution in [1.82, 2.24) is 15.1 Å². The zero-order chi connectivity index (χ0) is 19.0. The molecular formula is C18H13BrN4O4. The molecule has 0 aliphatic carbocycles. The van der Waals surface area contributed by atoms with E-state index in [2.05, 4.69) is 40.9 Å². The van der Waals surface area contributed by atoms with Gasteiger partial charge in [-0.25, -0.2) is 4.79 Å². The van der Waals surface area contributed by atoms with Gasteiger partial charge in [0.15, 0.2) is 5.82 Å². The van der Waals surface area contributed by atoms with Crippen LogP contribution >= 0.6 is 15.9 Å². The molecule has 2 aromatic carbocycles. The van der Waals surface area contributed by atoms with Crippen molar-refractivity contribution in [3.8, 4) is 17.1 Å². The molecule has 0 fully saturated rings. The minimum absolute atomic E-state index is 0.220. The smallest absolute Gasteiger partial charge is 0.439 e. The zero-order valence-corrected chi connectivity index (χ0v) is 15.6. The van der Waals surface area contributed by atoms with Gasteiger partial charge in [0, 0.05) is 27.0 Å². The van der Waals surface area contributed by atoms with Gasteiger partial charge in [0.1, 0.15) is 11.4 Å². The molecule has 0 saturated carbocycles. The van der Waals surface area contributed by atoms with Crippen molar-refractivity contribution in [2.75, 3.05) is 12.4 Å². The summed E-state index contributed by atoms with van der Waals surface area (Å²) in [6.07, 6.45) is 0. The molecule has 0 aliphatic rings. The summed E-state index contributed by atoms with van der Waals surface area (Å²) < 4.78 is 10.5. The summed E-state index contributed by atoms with van der Waals surface area (Å²) >= 11 is 3.37. The number of nitrogens with zero attached hydrogens (tertiary/aromatic N) is 1. The number of nitrogens with one attached hydrogen (secondary N) is 3. The van der Waals surface area contributed by atoms with Crippen LogP contribution in [0, 0.1) is 0 Å². The van der Waals surface area contributed by atoms with Crippen LogP contribution in [0.15, 0.2) is 56.3 Å². The predicted molar refractivity (Wildman–Crippen MR) is 103 cm³/mol. The molecule has 27 heavy (non-hydrogen) atoms. The fourth-order valence-electron chi connectivity index (χ4n) is 2.71. The van der Waals surface area contributed by atoms with Gasteiger partial charge in [0.05, 0.1) is 12.8 Å². The zero-order valence-electron chi connectivity index (χ0n) is 14.0. The fraction of sp³-hybridized carbons (Fsp3) is 0.0556. The van der Waals surface area contributed by atoms with Gasteiger partial charge in [0.2, 0.25) is 0 Å². The van der Waals surface area contributed by atoms with Gasteiger partial charge in [-0.05, 0) is 36.4 Å². The SMILES string of the molecule is COc1ccc2cc(C(=O)Nc3ccc(Br)cc3-c3noc(=O)[nH]3)[nH]c2c1. The lowest BCUT2D eigenvalue weighted by Gasteiger charge is -2.09. The van der Waals surface area contributed by atoms with E-state index in [9.17, 15) is 9.59 Å². The van der Waals surface area contributed by atoms with Crippen LogP contribution in [-0.2, 0) is 0 Å². The Kier molecular flexibility index (Phi) is 4.28. The normalized spacial score (nSPS) is 10.9. The van der Waals surface area contributed by atoms with Crippen molar-refractivity contribution in [1.29, 1.82) is 0 Å². The van der Waals surface area contributed by atoms with Crippen LogP contribution in [0.1, 0.15) is 10.5 Å². The average molecular weight is 429 g/mol. The average Bonchev–Trinajstić information content (AvgIpc) is 3.28. The molecule has 0 aliphatic heterocycles. The number of aromatic amines is 2. The van der Waals surface area contributed by atoms with Gasteiger partial charge in [-0.3, -0.25) is 14.3 Å². The summed E-state index contributed by atoms with van der Waals surface area (Å²) in [5.74, 6) is -0.0918. The highest BCUT2D eigenvalue weighted by molar-refractivity contribution is 9.10. The number of benzene rings is 2. The number of ether oxygens (including phenoxy) is 1. The molecule has 0 saturated heterocycles. The van der Waals surface area contributed by atoms with Gasteiger partial charge in [0.25, 0.3) is 5.91 Å². The minimum atomic E-state index is -0.674. The summed E-state index contributed by atoms with van der Waals surface area (Å²) in [6.45, 7) is 0. The van der Waals surface area contributed by atoms with Gasteiger partial charge in [-0.2, -0.15) is 0 Å². The van der Waals surface area contributed by atoms with Crippen LogP contribution in [0.2, 0.25) is 0 Å². The first-order valence-electron chi connectivity index (χ1n) is 7.87. The number of H-pyrrole nitrogens is 2. The Bertz CT molecular complexity index is 1210. The third-order valence-corrected chi connectivity index (χ3v) is 4.49. The molecule has 8 nitrogen and oxygen atoms in total. The van der Waals surface area contributed by atoms with E-state index < -0.39 is 5.76 Å². The maximum Gasteiger partial charge on any atom is 0.439 e. The van der Waals surface area contributed by atoms with Crippen LogP contribution in [0.3, 0.4) is 0 Å². The van der Waals surface area contributed by atoms with Crippen molar-refractivity contribution < 1.29 is 14.1 Å². The number of carbonyl (C=O) groups excluding carboxylic acids is 1. The first-order valence-corrected chi connectivity index (χ1v) is 8.67. The molecule has 0 bridgehead atoms. The van der Waals surface area contributed by atoms with E-state index in [1.54, 1.807) is 31.4 Å². The van der Waals surface area contributed by atoms with Gasteiger partial charge in [-0.1, -0.05) is 21.1 Å². The lowest BCUT2D eigenvalue weighted by molar-refractivity contribution is 0.102. The Labute approximate surface area is 160 Å². The third-order valence-electron chi connectivity index (χ3n) is 4.00. The summed E-state index contributed by atoms with van der Waals surface area (Å²) in [5.41, 5.74) is 2.17. The summed E-state index contributed by atoms with van der Waals surface area (Å²) in [6, 6.07) is 12.5. The van der Waals surface area contributed by atoms with Crippen molar-refractivity contribution in [2.45, 2.75) is 0 Å². The molecule has 2 heterocycles. The molecular weight excluding hydrogens is 416 g/mol. The predicted octanol–water partition coefficient (Wildman–Crippen LogP) is 3.53. The largest absolute Gasteiger partial charge is 0.497 e. The van der Waals surface area contributed by atoms with E-state index in [0.717, 1.165) is 15.4 Å². The maximum atomic E-state index is 12.7. The second kappa shape index (κ2) is 6.76. The summed E-state index contributed by atoms with van der Waals surface area (Å²) in [5, 5.41) is 7.40. The minimum Gasteiger partial charge on any atom is -0.497 e. The molecule has 9 heteroatoms. The molecule has 136 valence electrons. The Balaban J connectivity index is 1.68. The Morgan fingerprint density at radius 2 is 2.04 bits per heavy atom. The van der Waals surface area contributed by atoms with Gasteiger partial charge in [-0.15, -0.1) is 0 Å². The number of anilines is 1. The van der Waals surface area contributed by atoms with Crippen LogP contribution < -0.4 is 15.8 Å². The highest BCUT2D eigenvalue weighted by Gasteiger charge is 2.16. The standard InChI is InChI=1S/C18H13BrN4O4/c1-26-11-4-2-9-6-15(20-14(9)8-11)17(24)21-13-5-3-10(19)7-12(13)16-22-18(25)27-23-16/h2-8,20H,1H3,(H,21,24)(H,22,23,25). The molecule has 0 spiro atoms. The number of hydrogen-bond donors (Lipinski definition) is 3. The topological polar surface area (TPSA) is 113 Å². The second-order valence-electron chi connectivity index (χ2n) is 5.72. The van der Waals surface area contributed by atoms with E-state index in [1.807, 2.05) is 18.2 Å². The number of fused-ring (bicyclic) bond motifs is 1. The maximum absolute atomic E-state index is 12.7. The summed E-state index contributed by atoms with van der Waals surface area (Å²) in [7, 11) is 1.58. The summed E-state index contributed by atoms with van der Waals surface area (Å²) in [4.78, 5) is 29.5. The number of methoxy groups -OCH3 is 1. The first-order chi connectivity index (χ1) is 13.0. The first kappa shape index (κ1) is 17.1. The third kappa shape index (κ3) is 3.36. The highest BCUT2D eigenvalue weighted by atomic mass is 79.9. The van der Waals surface area contributed by atoms with Crippen molar-refractivity contribution in [2.24, 2.45) is 0 Å². The molecule has 4 rings (SSSR count). The second-order valence-corrected chi connectivity index (χ2v) is 6.64. The Morgan fingerprint density at radius 3 is 2.78 bits per heavy atom. The van der Waals surface area contributed by atoms with E-state index in [4.69, 9.17) is 4.74 Å². The van der Waals surface area contributed by atoms with Gasteiger partial charge < -0.3 is 15.0 Å². The fourth-order valence-corrected chi connectivity index (χ4v) is 3.07. The van der Waals surface area contributed by atoms with E-state index in [0.29, 0.717) is 22.7 Å². The van der Waals surface area contributed by atoms with E-state index >= 15 is 0 Å². The lowest BCUT2D eigenvalue weighted by atomic mass is 10.1. The molecule has 2 aromatic heterocycles. The molecule has 3 N–H and O–H groups in total. The Hall–Kier alpha value is -3.33. The molecule has 0 atom stereocenters. The molecule has 0 unspecified atom stereocenters.